The van der Waals surface area contributed by atoms with Crippen molar-refractivity contribution in [2.45, 2.75) is 24.9 Å². The van der Waals surface area contributed by atoms with E-state index >= 15 is 0 Å². The van der Waals surface area contributed by atoms with Crippen LogP contribution in [0.1, 0.15) is 19.4 Å². The van der Waals surface area contributed by atoms with Crippen molar-refractivity contribution < 1.29 is 13.9 Å². The van der Waals surface area contributed by atoms with Gasteiger partial charge in [-0.25, -0.2) is 0 Å². The highest BCUT2D eigenvalue weighted by Gasteiger charge is 2.23. The third-order valence-corrected chi connectivity index (χ3v) is 7.95. The third-order valence-electron chi connectivity index (χ3n) is 6.36. The molecule has 0 saturated heterocycles. The number of thioether (sulfide) groups is 1. The van der Waals surface area contributed by atoms with Crippen molar-refractivity contribution in [2.75, 3.05) is 7.11 Å². The molecular weight excluding hydrogens is 452 g/mol. The van der Waals surface area contributed by atoms with Gasteiger partial charge >= 0.3 is 5.97 Å². The molecule has 0 fully saturated rings. The maximum absolute atomic E-state index is 12.0. The summed E-state index contributed by atoms with van der Waals surface area (Å²) in [6.07, 6.45) is 0. The lowest BCUT2D eigenvalue weighted by atomic mass is 9.98. The summed E-state index contributed by atoms with van der Waals surface area (Å²) < 4.78 is 11.2. The summed E-state index contributed by atoms with van der Waals surface area (Å²) in [7, 11) is 1.45. The normalized spacial score (nSPS) is 12.3. The van der Waals surface area contributed by atoms with E-state index in [9.17, 15) is 4.79 Å². The number of benzene rings is 4. The second kappa shape index (κ2) is 10.0. The van der Waals surface area contributed by atoms with Gasteiger partial charge in [-0.15, -0.1) is 11.8 Å². The van der Waals surface area contributed by atoms with Gasteiger partial charge in [-0.05, 0) is 34.2 Å². The molecule has 4 heteroatoms. The van der Waals surface area contributed by atoms with Crippen molar-refractivity contribution in [3.63, 3.8) is 0 Å². The Bertz CT molecular complexity index is 1460. The van der Waals surface area contributed by atoms with Crippen molar-refractivity contribution >= 4 is 39.7 Å². The molecular formula is C31H28O3S. The molecule has 0 aliphatic heterocycles. The molecule has 5 rings (SSSR count). The van der Waals surface area contributed by atoms with Crippen LogP contribution in [0.5, 0.6) is 0 Å². The van der Waals surface area contributed by atoms with E-state index in [0.29, 0.717) is 0 Å². The summed E-state index contributed by atoms with van der Waals surface area (Å²) in [5.41, 5.74) is 7.60. The second-order valence-corrected chi connectivity index (χ2v) is 10.2. The fourth-order valence-corrected chi connectivity index (χ4v) is 5.63. The Morgan fingerprint density at radius 2 is 1.43 bits per heavy atom. The Balaban J connectivity index is 1.34. The molecule has 35 heavy (non-hydrogen) atoms. The van der Waals surface area contributed by atoms with Crippen molar-refractivity contribution in [1.82, 2.24) is 0 Å². The molecule has 1 heterocycles. The number of ether oxygens (including phenoxy) is 1. The monoisotopic (exact) mass is 480 g/mol. The fraction of sp³-hybridized carbons (Fsp3) is 0.194. The Morgan fingerprint density at radius 3 is 2.11 bits per heavy atom. The lowest BCUT2D eigenvalue weighted by Gasteiger charge is -2.17. The zero-order valence-corrected chi connectivity index (χ0v) is 21.0. The van der Waals surface area contributed by atoms with Crippen LogP contribution in [0.15, 0.2) is 95.4 Å². The summed E-state index contributed by atoms with van der Waals surface area (Å²) >= 11 is 1.64. The third kappa shape index (κ3) is 4.71. The lowest BCUT2D eigenvalue weighted by molar-refractivity contribution is -0.140. The molecule has 4 aromatic carbocycles. The van der Waals surface area contributed by atoms with Gasteiger partial charge < -0.3 is 9.15 Å². The van der Waals surface area contributed by atoms with Crippen molar-refractivity contribution in [1.29, 1.82) is 0 Å². The first kappa shape index (κ1) is 23.3. The van der Waals surface area contributed by atoms with Crippen LogP contribution in [0, 0.1) is 5.92 Å². The van der Waals surface area contributed by atoms with Gasteiger partial charge in [-0.1, -0.05) is 98.8 Å². The van der Waals surface area contributed by atoms with Gasteiger partial charge in [0, 0.05) is 22.1 Å². The molecule has 1 atom stereocenters. The molecule has 1 unspecified atom stereocenters. The topological polar surface area (TPSA) is 39.4 Å². The van der Waals surface area contributed by atoms with Gasteiger partial charge in [0.1, 0.15) is 16.4 Å². The highest BCUT2D eigenvalue weighted by Crippen LogP contribution is 2.36. The van der Waals surface area contributed by atoms with E-state index in [4.69, 9.17) is 9.15 Å². The van der Waals surface area contributed by atoms with Crippen molar-refractivity contribution in [3.8, 4) is 22.3 Å². The van der Waals surface area contributed by atoms with Crippen molar-refractivity contribution in [3.05, 3.63) is 96.6 Å². The number of hydrogen-bond acceptors (Lipinski definition) is 4. The highest BCUT2D eigenvalue weighted by atomic mass is 32.2. The van der Waals surface area contributed by atoms with Crippen LogP contribution in [0.2, 0.25) is 0 Å². The zero-order chi connectivity index (χ0) is 24.4. The molecule has 0 N–H and O–H groups in total. The quantitative estimate of drug-likeness (QED) is 0.219. The van der Waals surface area contributed by atoms with E-state index in [1.54, 1.807) is 11.8 Å². The Hall–Kier alpha value is -3.50. The van der Waals surface area contributed by atoms with Crippen molar-refractivity contribution in [2.24, 2.45) is 5.92 Å². The molecule has 0 radical (unpaired) electrons. The first-order chi connectivity index (χ1) is 17.0. The molecule has 1 aromatic heterocycles. The van der Waals surface area contributed by atoms with Crippen LogP contribution in [0.4, 0.5) is 0 Å². The van der Waals surface area contributed by atoms with Gasteiger partial charge in [0.05, 0.1) is 7.11 Å². The van der Waals surface area contributed by atoms with Gasteiger partial charge in [-0.3, -0.25) is 4.79 Å². The summed E-state index contributed by atoms with van der Waals surface area (Å²) in [4.78, 5) is 12.0. The minimum atomic E-state index is -0.153. The molecule has 0 amide bonds. The molecule has 0 aliphatic rings. The number of methoxy groups -OCH3 is 1. The van der Waals surface area contributed by atoms with Crippen LogP contribution >= 0.6 is 11.8 Å². The average Bonchev–Trinajstić information content (AvgIpc) is 3.28. The van der Waals surface area contributed by atoms with Crippen LogP contribution in [-0.2, 0) is 15.3 Å². The van der Waals surface area contributed by atoms with Crippen LogP contribution in [0.3, 0.4) is 0 Å². The smallest absolute Gasteiger partial charge is 0.319 e. The number of rotatable bonds is 7. The van der Waals surface area contributed by atoms with Gasteiger partial charge in [-0.2, -0.15) is 0 Å². The SMILES string of the molecule is COC(=O)C(SCc1ccc(-c2ccc(-c3cccc4c3oc3ccccc34)cc2)cc1)C(C)C. The first-order valence-corrected chi connectivity index (χ1v) is 12.9. The summed E-state index contributed by atoms with van der Waals surface area (Å²) in [5, 5.41) is 2.14. The lowest BCUT2D eigenvalue weighted by Crippen LogP contribution is -2.24. The van der Waals surface area contributed by atoms with Crippen LogP contribution < -0.4 is 0 Å². The number of carbonyl (C=O) groups excluding carboxylic acids is 1. The largest absolute Gasteiger partial charge is 0.468 e. The maximum atomic E-state index is 12.0. The molecule has 0 aliphatic carbocycles. The Kier molecular flexibility index (Phi) is 6.65. The minimum absolute atomic E-state index is 0.150. The van der Waals surface area contributed by atoms with E-state index in [1.807, 2.05) is 18.2 Å². The number of fused-ring (bicyclic) bond motifs is 3. The van der Waals surface area contributed by atoms with Gasteiger partial charge in [0.15, 0.2) is 0 Å². The summed E-state index contributed by atoms with van der Waals surface area (Å²) in [5.74, 6) is 0.856. The minimum Gasteiger partial charge on any atom is -0.468 e. The molecule has 176 valence electrons. The molecule has 5 aromatic rings. The van der Waals surface area contributed by atoms with E-state index in [-0.39, 0.29) is 17.1 Å². The van der Waals surface area contributed by atoms with E-state index in [1.165, 1.54) is 23.8 Å². The predicted octanol–water partition coefficient (Wildman–Crippen LogP) is 8.35. The number of furan rings is 1. The number of hydrogen-bond donors (Lipinski definition) is 0. The summed E-state index contributed by atoms with van der Waals surface area (Å²) in [6, 6.07) is 31.7. The van der Waals surface area contributed by atoms with Crippen LogP contribution in [-0.4, -0.2) is 18.3 Å². The van der Waals surface area contributed by atoms with E-state index in [0.717, 1.165) is 38.8 Å². The molecule has 3 nitrogen and oxygen atoms in total. The fourth-order valence-electron chi connectivity index (χ4n) is 4.44. The van der Waals surface area contributed by atoms with E-state index < -0.39 is 0 Å². The molecule has 0 spiro atoms. The average molecular weight is 481 g/mol. The molecule has 0 bridgehead atoms. The standard InChI is InChI=1S/C31H28O3S/c1-20(2)30(31(32)33-3)35-19-21-11-13-22(14-12-21)23-15-17-24(18-16-23)25-8-6-9-27-26-7-4-5-10-28(26)34-29(25)27/h4-18,20,30H,19H2,1-3H3. The van der Waals surface area contributed by atoms with Crippen LogP contribution in [0.25, 0.3) is 44.2 Å². The molecule has 0 saturated carbocycles. The zero-order valence-electron chi connectivity index (χ0n) is 20.2. The summed E-state index contributed by atoms with van der Waals surface area (Å²) in [6.45, 7) is 4.10. The maximum Gasteiger partial charge on any atom is 0.319 e. The number of para-hydroxylation sites is 2. The Labute approximate surface area is 210 Å². The Morgan fingerprint density at radius 1 is 0.800 bits per heavy atom. The predicted molar refractivity (Wildman–Crippen MR) is 147 cm³/mol. The van der Waals surface area contributed by atoms with E-state index in [2.05, 4.69) is 86.6 Å². The van der Waals surface area contributed by atoms with Gasteiger partial charge in [0.25, 0.3) is 0 Å². The first-order valence-electron chi connectivity index (χ1n) is 11.8. The highest BCUT2D eigenvalue weighted by molar-refractivity contribution is 7.99. The van der Waals surface area contributed by atoms with Gasteiger partial charge in [0.2, 0.25) is 0 Å². The number of esters is 1. The second-order valence-electron chi connectivity index (χ2n) is 9.05. The number of carbonyl (C=O) groups is 1.